The molecule has 0 radical (unpaired) electrons. The third-order valence-electron chi connectivity index (χ3n) is 3.44. The van der Waals surface area contributed by atoms with E-state index in [1.54, 1.807) is 0 Å². The second-order valence-electron chi connectivity index (χ2n) is 4.43. The van der Waals surface area contributed by atoms with E-state index in [1.807, 2.05) is 0 Å². The smallest absolute Gasteiger partial charge is 0.0622 e. The molecule has 0 aromatic rings. The van der Waals surface area contributed by atoms with Gasteiger partial charge in [0.05, 0.1) is 13.2 Å². The minimum atomic E-state index is 0.658. The topological polar surface area (TPSA) is 24.5 Å². The Morgan fingerprint density at radius 3 is 3.14 bits per heavy atom. The summed E-state index contributed by atoms with van der Waals surface area (Å²) in [5, 5.41) is 3.57. The van der Waals surface area contributed by atoms with Crippen molar-refractivity contribution in [1.29, 1.82) is 0 Å². The molecule has 14 heavy (non-hydrogen) atoms. The first kappa shape index (κ1) is 10.4. The van der Waals surface area contributed by atoms with Gasteiger partial charge in [-0.25, -0.2) is 0 Å². The molecule has 0 aliphatic carbocycles. The highest BCUT2D eigenvalue weighted by atomic mass is 16.5. The first-order chi connectivity index (χ1) is 6.90. The van der Waals surface area contributed by atoms with Crippen LogP contribution in [0.3, 0.4) is 0 Å². The molecule has 0 spiro atoms. The number of nitrogens with zero attached hydrogens (tertiary/aromatic N) is 1. The molecule has 2 saturated heterocycles. The van der Waals surface area contributed by atoms with Crippen LogP contribution in [-0.4, -0.2) is 49.8 Å². The van der Waals surface area contributed by atoms with Crippen LogP contribution in [0.25, 0.3) is 0 Å². The van der Waals surface area contributed by atoms with Crippen molar-refractivity contribution in [3.8, 4) is 0 Å². The van der Waals surface area contributed by atoms with Crippen LogP contribution in [0.4, 0.5) is 0 Å². The lowest BCUT2D eigenvalue weighted by Gasteiger charge is -2.36. The summed E-state index contributed by atoms with van der Waals surface area (Å²) in [7, 11) is 0. The lowest BCUT2D eigenvalue weighted by molar-refractivity contribution is -0.0117. The van der Waals surface area contributed by atoms with Crippen LogP contribution in [0.1, 0.15) is 26.2 Å². The number of hydrogen-bond donors (Lipinski definition) is 1. The van der Waals surface area contributed by atoms with Crippen molar-refractivity contribution in [2.75, 3.05) is 32.8 Å². The first-order valence-electron chi connectivity index (χ1n) is 5.95. The maximum atomic E-state index is 5.51. The molecule has 2 aliphatic rings. The second kappa shape index (κ2) is 5.10. The van der Waals surface area contributed by atoms with E-state index >= 15 is 0 Å². The summed E-state index contributed by atoms with van der Waals surface area (Å²) in [6.45, 7) is 7.67. The molecule has 2 atom stereocenters. The molecule has 3 nitrogen and oxygen atoms in total. The van der Waals surface area contributed by atoms with Gasteiger partial charge in [0.15, 0.2) is 0 Å². The summed E-state index contributed by atoms with van der Waals surface area (Å²) in [5.74, 6) is 0. The average molecular weight is 198 g/mol. The van der Waals surface area contributed by atoms with Gasteiger partial charge in [0.25, 0.3) is 0 Å². The van der Waals surface area contributed by atoms with E-state index in [9.17, 15) is 0 Å². The van der Waals surface area contributed by atoms with Gasteiger partial charge >= 0.3 is 0 Å². The fraction of sp³-hybridized carbons (Fsp3) is 1.00. The Labute approximate surface area is 86.8 Å². The molecular weight excluding hydrogens is 176 g/mol. The predicted molar refractivity (Wildman–Crippen MR) is 57.5 cm³/mol. The summed E-state index contributed by atoms with van der Waals surface area (Å²) in [6, 6.07) is 1.40. The highest BCUT2D eigenvalue weighted by Crippen LogP contribution is 2.14. The molecule has 0 bridgehead atoms. The van der Waals surface area contributed by atoms with Crippen molar-refractivity contribution >= 4 is 0 Å². The highest BCUT2D eigenvalue weighted by molar-refractivity contribution is 4.82. The van der Waals surface area contributed by atoms with Crippen LogP contribution >= 0.6 is 0 Å². The predicted octanol–water partition coefficient (Wildman–Crippen LogP) is 0.849. The lowest BCUT2D eigenvalue weighted by Crippen LogP contribution is -2.49. The van der Waals surface area contributed by atoms with Crippen molar-refractivity contribution in [1.82, 2.24) is 10.2 Å². The maximum absolute atomic E-state index is 5.51. The summed E-state index contributed by atoms with van der Waals surface area (Å²) in [4.78, 5) is 2.60. The highest BCUT2D eigenvalue weighted by Gasteiger charge is 2.25. The molecule has 2 unspecified atom stereocenters. The van der Waals surface area contributed by atoms with Crippen molar-refractivity contribution in [2.45, 2.75) is 38.3 Å². The van der Waals surface area contributed by atoms with Gasteiger partial charge in [-0.3, -0.25) is 4.90 Å². The van der Waals surface area contributed by atoms with Gasteiger partial charge in [0.2, 0.25) is 0 Å². The van der Waals surface area contributed by atoms with Crippen molar-refractivity contribution in [3.05, 3.63) is 0 Å². The van der Waals surface area contributed by atoms with E-state index in [0.29, 0.717) is 6.04 Å². The Bertz CT molecular complexity index is 169. The van der Waals surface area contributed by atoms with Crippen LogP contribution in [0.5, 0.6) is 0 Å². The zero-order valence-electron chi connectivity index (χ0n) is 9.17. The largest absolute Gasteiger partial charge is 0.378 e. The molecule has 0 amide bonds. The van der Waals surface area contributed by atoms with Crippen molar-refractivity contribution < 1.29 is 4.74 Å². The molecule has 0 aromatic carbocycles. The molecule has 2 aliphatic heterocycles. The third-order valence-corrected chi connectivity index (χ3v) is 3.44. The van der Waals surface area contributed by atoms with Crippen LogP contribution < -0.4 is 5.32 Å². The number of nitrogens with one attached hydrogen (secondary N) is 1. The molecule has 1 N–H and O–H groups in total. The molecule has 3 heteroatoms. The SMILES string of the molecule is CCC1COCCN1CC1CCCN1. The molecule has 2 fully saturated rings. The Hall–Kier alpha value is -0.120. The van der Waals surface area contributed by atoms with E-state index in [2.05, 4.69) is 17.1 Å². The minimum Gasteiger partial charge on any atom is -0.378 e. The number of morpholine rings is 1. The minimum absolute atomic E-state index is 0.658. The van der Waals surface area contributed by atoms with Gasteiger partial charge in [-0.1, -0.05) is 6.92 Å². The van der Waals surface area contributed by atoms with Crippen LogP contribution in [0, 0.1) is 0 Å². The zero-order chi connectivity index (χ0) is 9.80. The Balaban J connectivity index is 1.81. The van der Waals surface area contributed by atoms with E-state index < -0.39 is 0 Å². The molecule has 82 valence electrons. The monoisotopic (exact) mass is 198 g/mol. The standard InChI is InChI=1S/C11H22N2O/c1-2-11-9-14-7-6-13(11)8-10-4-3-5-12-10/h10-12H,2-9H2,1H3. The Morgan fingerprint density at radius 2 is 2.43 bits per heavy atom. The van der Waals surface area contributed by atoms with E-state index in [0.717, 1.165) is 25.8 Å². The van der Waals surface area contributed by atoms with Gasteiger partial charge in [-0.15, -0.1) is 0 Å². The third kappa shape index (κ3) is 2.47. The average Bonchev–Trinajstić information content (AvgIpc) is 2.71. The Kier molecular flexibility index (Phi) is 3.79. The summed E-state index contributed by atoms with van der Waals surface area (Å²) in [5.41, 5.74) is 0. The van der Waals surface area contributed by atoms with Gasteiger partial charge < -0.3 is 10.1 Å². The van der Waals surface area contributed by atoms with Crippen LogP contribution in [-0.2, 0) is 4.74 Å². The van der Waals surface area contributed by atoms with Gasteiger partial charge in [0.1, 0.15) is 0 Å². The second-order valence-corrected chi connectivity index (χ2v) is 4.43. The van der Waals surface area contributed by atoms with E-state index in [-0.39, 0.29) is 0 Å². The van der Waals surface area contributed by atoms with Crippen LogP contribution in [0.15, 0.2) is 0 Å². The number of hydrogen-bond acceptors (Lipinski definition) is 3. The fourth-order valence-corrected chi connectivity index (χ4v) is 2.50. The van der Waals surface area contributed by atoms with Gasteiger partial charge in [0, 0.05) is 25.2 Å². The van der Waals surface area contributed by atoms with Crippen molar-refractivity contribution in [2.24, 2.45) is 0 Å². The normalized spacial score (nSPS) is 34.9. The van der Waals surface area contributed by atoms with Crippen LogP contribution in [0.2, 0.25) is 0 Å². The summed E-state index contributed by atoms with van der Waals surface area (Å²) >= 11 is 0. The lowest BCUT2D eigenvalue weighted by atomic mass is 10.1. The number of ether oxygens (including phenoxy) is 1. The van der Waals surface area contributed by atoms with Crippen molar-refractivity contribution in [3.63, 3.8) is 0 Å². The quantitative estimate of drug-likeness (QED) is 0.727. The van der Waals surface area contributed by atoms with E-state index in [1.165, 1.54) is 32.4 Å². The van der Waals surface area contributed by atoms with E-state index in [4.69, 9.17) is 4.74 Å². The van der Waals surface area contributed by atoms with Gasteiger partial charge in [-0.2, -0.15) is 0 Å². The first-order valence-corrected chi connectivity index (χ1v) is 5.95. The molecule has 0 aromatic heterocycles. The molecule has 2 rings (SSSR count). The summed E-state index contributed by atoms with van der Waals surface area (Å²) < 4.78 is 5.51. The van der Waals surface area contributed by atoms with Gasteiger partial charge in [-0.05, 0) is 25.8 Å². The molecular formula is C11H22N2O. The zero-order valence-corrected chi connectivity index (χ0v) is 9.17. The molecule has 0 saturated carbocycles. The fourth-order valence-electron chi connectivity index (χ4n) is 2.50. The number of rotatable bonds is 3. The Morgan fingerprint density at radius 1 is 1.50 bits per heavy atom. The molecule has 2 heterocycles. The maximum Gasteiger partial charge on any atom is 0.0622 e. The summed E-state index contributed by atoms with van der Waals surface area (Å²) in [6.07, 6.45) is 3.92.